The molecule has 2 aromatic rings. The van der Waals surface area contributed by atoms with Gasteiger partial charge in [-0.3, -0.25) is 0 Å². The van der Waals surface area contributed by atoms with Gasteiger partial charge in [0.25, 0.3) is 0 Å². The summed E-state index contributed by atoms with van der Waals surface area (Å²) < 4.78 is 10.5. The summed E-state index contributed by atoms with van der Waals surface area (Å²) in [5.74, 6) is 0.479. The molecule has 0 fully saturated rings. The lowest BCUT2D eigenvalue weighted by atomic mass is 10.2. The van der Waals surface area contributed by atoms with E-state index < -0.39 is 6.09 Å². The molecule has 1 N–H and O–H groups in total. The van der Waals surface area contributed by atoms with Gasteiger partial charge in [-0.15, -0.1) is 0 Å². The Kier molecular flexibility index (Phi) is 8.06. The number of hydrogen-bond donors (Lipinski definition) is 1. The van der Waals surface area contributed by atoms with E-state index in [9.17, 15) is 4.79 Å². The monoisotopic (exact) mass is 439 g/mol. The van der Waals surface area contributed by atoms with E-state index >= 15 is 0 Å². The molecule has 12 heteroatoms. The Balaban J connectivity index is 1.83. The highest BCUT2D eigenvalue weighted by Gasteiger charge is 2.12. The number of halogens is 2. The predicted octanol–water partition coefficient (Wildman–Crippen LogP) is 2.47. The molecule has 0 saturated heterocycles. The Labute approximate surface area is 178 Å². The Bertz CT molecular complexity index is 905. The summed E-state index contributed by atoms with van der Waals surface area (Å²) in [5, 5.41) is 12.4. The number of carbonyl (C=O) groups excluding carboxylic acids is 1. The number of nitrogens with zero attached hydrogens (tertiary/aromatic N) is 6. The fraction of sp³-hybridized carbons (Fsp3) is 0.353. The van der Waals surface area contributed by atoms with Crippen LogP contribution < -0.4 is 19.9 Å². The smallest absolute Gasteiger partial charge is 0.407 e. The first-order valence-electron chi connectivity index (χ1n) is 8.34. The minimum Gasteiger partial charge on any atom is -0.461 e. The van der Waals surface area contributed by atoms with Crippen molar-refractivity contribution in [2.24, 2.45) is 0 Å². The van der Waals surface area contributed by atoms with E-state index in [2.05, 4.69) is 20.3 Å². The molecule has 0 bridgehead atoms. The van der Waals surface area contributed by atoms with E-state index in [1.54, 1.807) is 37.2 Å². The summed E-state index contributed by atoms with van der Waals surface area (Å²) in [6, 6.07) is 4.94. The lowest BCUT2D eigenvalue weighted by Crippen LogP contribution is -2.29. The van der Waals surface area contributed by atoms with E-state index in [1.807, 2.05) is 6.19 Å². The normalized spacial score (nSPS) is 10.1. The number of amides is 1. The molecule has 0 aliphatic carbocycles. The fourth-order valence-electron chi connectivity index (χ4n) is 1.92. The number of carbonyl (C=O) groups is 1. The van der Waals surface area contributed by atoms with Gasteiger partial charge in [0.15, 0.2) is 6.19 Å². The number of hydrogen-bond acceptors (Lipinski definition) is 9. The molecule has 0 atom stereocenters. The molecule has 0 aliphatic heterocycles. The number of benzene rings is 1. The van der Waals surface area contributed by atoms with Crippen LogP contribution in [0.25, 0.3) is 0 Å². The van der Waals surface area contributed by atoms with Gasteiger partial charge in [-0.05, 0) is 12.1 Å². The second-order valence-electron chi connectivity index (χ2n) is 5.86. The zero-order chi connectivity index (χ0) is 21.4. The zero-order valence-corrected chi connectivity index (χ0v) is 17.5. The molecule has 1 amide bonds. The summed E-state index contributed by atoms with van der Waals surface area (Å²) in [4.78, 5) is 27.0. The molecule has 1 aromatic carbocycles. The van der Waals surface area contributed by atoms with E-state index in [1.165, 1.54) is 11.9 Å². The van der Waals surface area contributed by atoms with Gasteiger partial charge in [-0.1, -0.05) is 29.3 Å². The maximum Gasteiger partial charge on any atom is 0.407 e. The first-order chi connectivity index (χ1) is 13.8. The molecule has 1 heterocycles. The third-order valence-electron chi connectivity index (χ3n) is 3.42. The molecule has 0 saturated carbocycles. The number of anilines is 2. The largest absolute Gasteiger partial charge is 0.461 e. The SMILES string of the molecule is CN(C)c1nc(OCCNC(=O)OCc2ccc(Cl)cc2Cl)nc(N(C)C#N)n1. The van der Waals surface area contributed by atoms with Gasteiger partial charge >= 0.3 is 12.1 Å². The molecule has 0 unspecified atom stereocenters. The van der Waals surface area contributed by atoms with E-state index in [0.29, 0.717) is 21.6 Å². The first kappa shape index (κ1) is 22.3. The van der Waals surface area contributed by atoms with Crippen molar-refractivity contribution in [1.29, 1.82) is 5.26 Å². The molecule has 0 spiro atoms. The highest BCUT2D eigenvalue weighted by Crippen LogP contribution is 2.21. The summed E-state index contributed by atoms with van der Waals surface area (Å²) in [5.41, 5.74) is 0.637. The van der Waals surface area contributed by atoms with Crippen LogP contribution in [0.15, 0.2) is 18.2 Å². The third kappa shape index (κ3) is 6.81. The number of aromatic nitrogens is 3. The van der Waals surface area contributed by atoms with E-state index in [4.69, 9.17) is 37.9 Å². The van der Waals surface area contributed by atoms with Crippen LogP contribution in [-0.2, 0) is 11.3 Å². The topological polar surface area (TPSA) is 116 Å². The Morgan fingerprint density at radius 1 is 1.21 bits per heavy atom. The minimum absolute atomic E-state index is 0.00616. The molecule has 0 radical (unpaired) electrons. The van der Waals surface area contributed by atoms with Gasteiger partial charge in [-0.2, -0.15) is 20.2 Å². The van der Waals surface area contributed by atoms with Gasteiger partial charge in [0, 0.05) is 36.8 Å². The van der Waals surface area contributed by atoms with Crippen LogP contribution in [0.1, 0.15) is 5.56 Å². The molecule has 10 nitrogen and oxygen atoms in total. The van der Waals surface area contributed by atoms with E-state index in [-0.39, 0.29) is 31.7 Å². The summed E-state index contributed by atoms with van der Waals surface area (Å²) in [7, 11) is 5.02. The zero-order valence-electron chi connectivity index (χ0n) is 16.0. The van der Waals surface area contributed by atoms with Crippen molar-refractivity contribution in [1.82, 2.24) is 20.3 Å². The van der Waals surface area contributed by atoms with Crippen LogP contribution in [0, 0.1) is 11.5 Å². The number of ether oxygens (including phenoxy) is 2. The second kappa shape index (κ2) is 10.5. The van der Waals surface area contributed by atoms with Crippen molar-refractivity contribution in [3.8, 4) is 12.2 Å². The van der Waals surface area contributed by atoms with Crippen LogP contribution in [-0.4, -0.2) is 55.3 Å². The number of nitrogens with one attached hydrogen (secondary N) is 1. The molecule has 1 aromatic heterocycles. The van der Waals surface area contributed by atoms with Crippen LogP contribution in [0.2, 0.25) is 10.0 Å². The fourth-order valence-corrected chi connectivity index (χ4v) is 2.39. The van der Waals surface area contributed by atoms with Gasteiger partial charge in [0.05, 0.1) is 6.54 Å². The lowest BCUT2D eigenvalue weighted by molar-refractivity contribution is 0.137. The maximum absolute atomic E-state index is 11.8. The van der Waals surface area contributed by atoms with Crippen LogP contribution >= 0.6 is 23.2 Å². The number of rotatable bonds is 8. The van der Waals surface area contributed by atoms with Crippen LogP contribution in [0.3, 0.4) is 0 Å². The maximum atomic E-state index is 11.8. The minimum atomic E-state index is -0.630. The number of nitriles is 1. The molecule has 2 rings (SSSR count). The van der Waals surface area contributed by atoms with Crippen molar-refractivity contribution >= 4 is 41.2 Å². The van der Waals surface area contributed by atoms with Crippen molar-refractivity contribution < 1.29 is 14.3 Å². The quantitative estimate of drug-likeness (QED) is 0.375. The molecular weight excluding hydrogens is 421 g/mol. The van der Waals surface area contributed by atoms with Crippen LogP contribution in [0.4, 0.5) is 16.7 Å². The Hall–Kier alpha value is -3.03. The van der Waals surface area contributed by atoms with Crippen molar-refractivity contribution in [2.75, 3.05) is 44.1 Å². The van der Waals surface area contributed by atoms with Gasteiger partial charge < -0.3 is 19.7 Å². The average Bonchev–Trinajstić information content (AvgIpc) is 2.69. The van der Waals surface area contributed by atoms with Crippen molar-refractivity contribution in [3.05, 3.63) is 33.8 Å². The first-order valence-corrected chi connectivity index (χ1v) is 9.10. The highest BCUT2D eigenvalue weighted by molar-refractivity contribution is 6.35. The average molecular weight is 440 g/mol. The summed E-state index contributed by atoms with van der Waals surface area (Å²) >= 11 is 11.8. The Morgan fingerprint density at radius 2 is 1.93 bits per heavy atom. The third-order valence-corrected chi connectivity index (χ3v) is 4.00. The van der Waals surface area contributed by atoms with Crippen molar-refractivity contribution in [3.63, 3.8) is 0 Å². The second-order valence-corrected chi connectivity index (χ2v) is 6.70. The Morgan fingerprint density at radius 3 is 2.59 bits per heavy atom. The summed E-state index contributed by atoms with van der Waals surface area (Å²) in [6.07, 6.45) is 1.28. The lowest BCUT2D eigenvalue weighted by Gasteiger charge is -2.15. The summed E-state index contributed by atoms with van der Waals surface area (Å²) in [6.45, 7) is 0.245. The predicted molar refractivity (Wildman–Crippen MR) is 108 cm³/mol. The molecule has 154 valence electrons. The standard InChI is InChI=1S/C17H19Cl2N7O3/c1-25(2)14-22-15(26(3)10-20)24-16(23-14)28-7-6-21-17(27)29-9-11-4-5-12(18)8-13(11)19/h4-5,8H,6-7,9H2,1-3H3,(H,21,27). The molecule has 0 aliphatic rings. The van der Waals surface area contributed by atoms with Crippen molar-refractivity contribution in [2.45, 2.75) is 6.61 Å². The highest BCUT2D eigenvalue weighted by atomic mass is 35.5. The van der Waals surface area contributed by atoms with Crippen LogP contribution in [0.5, 0.6) is 6.01 Å². The van der Waals surface area contributed by atoms with Gasteiger partial charge in [0.2, 0.25) is 11.9 Å². The molecule has 29 heavy (non-hydrogen) atoms. The number of alkyl carbamates (subject to hydrolysis) is 1. The molecular formula is C17H19Cl2N7O3. The van der Waals surface area contributed by atoms with Gasteiger partial charge in [0.1, 0.15) is 13.2 Å². The van der Waals surface area contributed by atoms with Gasteiger partial charge in [-0.25, -0.2) is 9.69 Å². The van der Waals surface area contributed by atoms with E-state index in [0.717, 1.165) is 0 Å².